The van der Waals surface area contributed by atoms with Crippen LogP contribution in [0, 0.1) is 0 Å². The molecule has 0 spiro atoms. The van der Waals surface area contributed by atoms with Crippen molar-refractivity contribution in [3.05, 3.63) is 18.2 Å². The van der Waals surface area contributed by atoms with Gasteiger partial charge in [-0.25, -0.2) is 4.98 Å². The molecular weight excluding hydrogens is 186 g/mol. The molecule has 0 aliphatic carbocycles. The van der Waals surface area contributed by atoms with E-state index in [4.69, 9.17) is 10.8 Å². The van der Waals surface area contributed by atoms with Crippen molar-refractivity contribution in [3.63, 3.8) is 0 Å². The fourth-order valence-electron chi connectivity index (χ4n) is 1.82. The number of fused-ring (bicyclic) bond motifs is 1. The molecule has 5 N–H and O–H groups in total. The van der Waals surface area contributed by atoms with Crippen LogP contribution in [0.4, 0.5) is 0 Å². The molecule has 4 atom stereocenters. The van der Waals surface area contributed by atoms with Crippen molar-refractivity contribution in [2.75, 3.05) is 6.61 Å². The van der Waals surface area contributed by atoms with Gasteiger partial charge in [0.15, 0.2) is 0 Å². The number of aliphatic hydroxyl groups excluding tert-OH is 3. The van der Waals surface area contributed by atoms with E-state index in [9.17, 15) is 10.2 Å². The quantitative estimate of drug-likeness (QED) is 0.425. The Morgan fingerprint density at radius 3 is 2.86 bits per heavy atom. The number of aromatic nitrogens is 2. The van der Waals surface area contributed by atoms with Gasteiger partial charge in [0, 0.05) is 12.4 Å². The molecule has 2 rings (SSSR count). The van der Waals surface area contributed by atoms with Crippen molar-refractivity contribution in [2.24, 2.45) is 5.73 Å². The van der Waals surface area contributed by atoms with Crippen molar-refractivity contribution in [1.29, 1.82) is 0 Å². The second kappa shape index (κ2) is 3.32. The van der Waals surface area contributed by atoms with Crippen molar-refractivity contribution >= 4 is 0 Å². The summed E-state index contributed by atoms with van der Waals surface area (Å²) in [5.74, 6) is 0.346. The lowest BCUT2D eigenvalue weighted by Crippen LogP contribution is -2.51. The topological polar surface area (TPSA) is 105 Å². The van der Waals surface area contributed by atoms with E-state index >= 15 is 0 Å². The molecule has 6 nitrogen and oxygen atoms in total. The number of aliphatic hydroxyl groups is 3. The van der Waals surface area contributed by atoms with E-state index in [1.54, 1.807) is 10.8 Å². The van der Waals surface area contributed by atoms with Gasteiger partial charge in [-0.2, -0.15) is 0 Å². The molecule has 0 amide bonds. The van der Waals surface area contributed by atoms with Crippen molar-refractivity contribution in [1.82, 2.24) is 9.55 Å². The Labute approximate surface area is 80.6 Å². The lowest BCUT2D eigenvalue weighted by molar-refractivity contribution is -0.0393. The third kappa shape index (κ3) is 1.16. The highest BCUT2D eigenvalue weighted by atomic mass is 16.3. The summed E-state index contributed by atoms with van der Waals surface area (Å²) in [4.78, 5) is 3.91. The second-order valence-corrected chi connectivity index (χ2v) is 3.46. The van der Waals surface area contributed by atoms with Crippen LogP contribution in [-0.2, 0) is 0 Å². The molecule has 0 fully saturated rings. The molecule has 1 aliphatic rings. The number of nitrogens with two attached hydrogens (primary N) is 1. The van der Waals surface area contributed by atoms with Gasteiger partial charge in [-0.05, 0) is 0 Å². The lowest BCUT2D eigenvalue weighted by Gasteiger charge is -2.36. The standard InChI is InChI=1S/C8H13N3O3/c9-5-4(3-12)11-2-1-10-8(11)7(14)6(5)13/h1-2,4-7,12-14H,3,9H2. The summed E-state index contributed by atoms with van der Waals surface area (Å²) in [7, 11) is 0. The van der Waals surface area contributed by atoms with Gasteiger partial charge >= 0.3 is 0 Å². The van der Waals surface area contributed by atoms with Crippen molar-refractivity contribution in [2.45, 2.75) is 24.3 Å². The van der Waals surface area contributed by atoms with E-state index < -0.39 is 24.3 Å². The first-order chi connectivity index (χ1) is 6.66. The summed E-state index contributed by atoms with van der Waals surface area (Å²) in [5, 5.41) is 28.3. The van der Waals surface area contributed by atoms with Crippen molar-refractivity contribution < 1.29 is 15.3 Å². The molecule has 4 unspecified atom stereocenters. The highest BCUT2D eigenvalue weighted by Crippen LogP contribution is 2.29. The number of hydrogen-bond acceptors (Lipinski definition) is 5. The maximum absolute atomic E-state index is 9.61. The molecule has 14 heavy (non-hydrogen) atoms. The highest BCUT2D eigenvalue weighted by Gasteiger charge is 2.39. The Balaban J connectivity index is 2.44. The summed E-state index contributed by atoms with van der Waals surface area (Å²) >= 11 is 0. The van der Waals surface area contributed by atoms with Crippen LogP contribution in [0.25, 0.3) is 0 Å². The molecule has 0 aromatic carbocycles. The fraction of sp³-hybridized carbons (Fsp3) is 0.625. The monoisotopic (exact) mass is 199 g/mol. The minimum Gasteiger partial charge on any atom is -0.394 e. The molecule has 6 heteroatoms. The van der Waals surface area contributed by atoms with E-state index in [1.165, 1.54) is 6.20 Å². The Bertz CT molecular complexity index is 327. The van der Waals surface area contributed by atoms with Crippen LogP contribution in [0.15, 0.2) is 12.4 Å². The van der Waals surface area contributed by atoms with Crippen LogP contribution in [0.1, 0.15) is 18.0 Å². The lowest BCUT2D eigenvalue weighted by atomic mass is 9.94. The highest BCUT2D eigenvalue weighted by molar-refractivity contribution is 5.09. The van der Waals surface area contributed by atoms with Crippen molar-refractivity contribution in [3.8, 4) is 0 Å². The first-order valence-corrected chi connectivity index (χ1v) is 4.42. The fourth-order valence-corrected chi connectivity index (χ4v) is 1.82. The molecule has 0 bridgehead atoms. The SMILES string of the molecule is NC1C(O)C(O)c2nccn2C1CO. The summed E-state index contributed by atoms with van der Waals surface area (Å²) in [6, 6.07) is -1.11. The maximum atomic E-state index is 9.61. The smallest absolute Gasteiger partial charge is 0.140 e. The third-order valence-electron chi connectivity index (χ3n) is 2.67. The van der Waals surface area contributed by atoms with Crippen LogP contribution in [0.3, 0.4) is 0 Å². The van der Waals surface area contributed by atoms with Gasteiger partial charge in [0.2, 0.25) is 0 Å². The van der Waals surface area contributed by atoms with E-state index in [2.05, 4.69) is 4.98 Å². The van der Waals surface area contributed by atoms with Crippen LogP contribution in [0.2, 0.25) is 0 Å². The van der Waals surface area contributed by atoms with Gasteiger partial charge in [0.25, 0.3) is 0 Å². The number of rotatable bonds is 1. The van der Waals surface area contributed by atoms with Crippen LogP contribution in [-0.4, -0.2) is 43.6 Å². The summed E-state index contributed by atoms with van der Waals surface area (Å²) in [6.07, 6.45) is 0.974. The molecular formula is C8H13N3O3. The minimum atomic E-state index is -1.08. The van der Waals surface area contributed by atoms with Crippen LogP contribution >= 0.6 is 0 Å². The largest absolute Gasteiger partial charge is 0.394 e. The first-order valence-electron chi connectivity index (χ1n) is 4.42. The Hall–Kier alpha value is -0.950. The number of nitrogens with zero attached hydrogens (tertiary/aromatic N) is 2. The van der Waals surface area contributed by atoms with Gasteiger partial charge in [-0.15, -0.1) is 0 Å². The predicted molar refractivity (Wildman–Crippen MR) is 47.3 cm³/mol. The second-order valence-electron chi connectivity index (χ2n) is 3.46. The van der Waals surface area contributed by atoms with Gasteiger partial charge in [0.05, 0.1) is 18.7 Å². The normalized spacial score (nSPS) is 36.9. The molecule has 0 saturated carbocycles. The molecule has 1 aromatic heterocycles. The summed E-state index contributed by atoms with van der Waals surface area (Å²) in [6.45, 7) is -0.186. The minimum absolute atomic E-state index is 0.186. The zero-order valence-corrected chi connectivity index (χ0v) is 7.48. The zero-order chi connectivity index (χ0) is 10.3. The Kier molecular flexibility index (Phi) is 2.28. The number of imidazole rings is 1. The first kappa shape index (κ1) is 9.60. The molecule has 2 heterocycles. The van der Waals surface area contributed by atoms with E-state index in [-0.39, 0.29) is 6.61 Å². The van der Waals surface area contributed by atoms with E-state index in [0.717, 1.165) is 0 Å². The van der Waals surface area contributed by atoms with E-state index in [0.29, 0.717) is 5.82 Å². The van der Waals surface area contributed by atoms with E-state index in [1.807, 2.05) is 0 Å². The molecule has 1 aromatic rings. The van der Waals surface area contributed by atoms with Gasteiger partial charge in [-0.1, -0.05) is 0 Å². The summed E-state index contributed by atoms with van der Waals surface area (Å²) in [5.41, 5.74) is 5.68. The van der Waals surface area contributed by atoms with Crippen LogP contribution in [0.5, 0.6) is 0 Å². The third-order valence-corrected chi connectivity index (χ3v) is 2.67. The molecule has 0 saturated heterocycles. The maximum Gasteiger partial charge on any atom is 0.140 e. The van der Waals surface area contributed by atoms with Gasteiger partial charge in [0.1, 0.15) is 18.0 Å². The average molecular weight is 199 g/mol. The average Bonchev–Trinajstić information content (AvgIpc) is 2.64. The molecule has 78 valence electrons. The Morgan fingerprint density at radius 1 is 1.50 bits per heavy atom. The van der Waals surface area contributed by atoms with Gasteiger partial charge < -0.3 is 25.6 Å². The van der Waals surface area contributed by atoms with Gasteiger partial charge in [-0.3, -0.25) is 0 Å². The van der Waals surface area contributed by atoms with Crippen LogP contribution < -0.4 is 5.73 Å². The zero-order valence-electron chi connectivity index (χ0n) is 7.48. The number of hydrogen-bond donors (Lipinski definition) is 4. The molecule has 0 radical (unpaired) electrons. The molecule has 1 aliphatic heterocycles. The Morgan fingerprint density at radius 2 is 2.21 bits per heavy atom. The predicted octanol–water partition coefficient (Wildman–Crippen LogP) is -1.85. The summed E-state index contributed by atoms with van der Waals surface area (Å²) < 4.78 is 1.60.